The number of nitrogens with one attached hydrogen (secondary N) is 1. The van der Waals surface area contributed by atoms with E-state index in [4.69, 9.17) is 10.5 Å². The lowest BCUT2D eigenvalue weighted by Crippen LogP contribution is -2.13. The van der Waals surface area contributed by atoms with Crippen LogP contribution in [0.1, 0.15) is 15.9 Å². The minimum absolute atomic E-state index is 0.259. The van der Waals surface area contributed by atoms with Crippen LogP contribution >= 0.6 is 0 Å². The molecule has 0 atom stereocenters. The SMILES string of the molecule is COc1ccc(C#CCN)cc1NC(=O)c1cccnc1. The number of rotatable bonds is 3. The molecule has 0 aliphatic carbocycles. The predicted octanol–water partition coefficient (Wildman–Crippen LogP) is 1.65. The van der Waals surface area contributed by atoms with Gasteiger partial charge in [0.2, 0.25) is 0 Å². The Hall–Kier alpha value is -2.84. The predicted molar refractivity (Wildman–Crippen MR) is 81.1 cm³/mol. The Morgan fingerprint density at radius 3 is 2.95 bits per heavy atom. The summed E-state index contributed by atoms with van der Waals surface area (Å²) in [4.78, 5) is 16.1. The Balaban J connectivity index is 2.27. The molecule has 0 saturated heterocycles. The maximum Gasteiger partial charge on any atom is 0.257 e. The smallest absolute Gasteiger partial charge is 0.257 e. The lowest BCUT2D eigenvalue weighted by Gasteiger charge is -2.10. The lowest BCUT2D eigenvalue weighted by molar-refractivity contribution is 0.102. The number of amides is 1. The van der Waals surface area contributed by atoms with E-state index in [-0.39, 0.29) is 12.5 Å². The summed E-state index contributed by atoms with van der Waals surface area (Å²) in [5, 5.41) is 2.79. The molecule has 0 unspecified atom stereocenters. The number of benzene rings is 1. The van der Waals surface area contributed by atoms with Gasteiger partial charge in [0.15, 0.2) is 0 Å². The van der Waals surface area contributed by atoms with E-state index in [0.717, 1.165) is 5.56 Å². The average Bonchev–Trinajstić information content (AvgIpc) is 2.54. The first-order chi connectivity index (χ1) is 10.2. The number of ether oxygens (including phenoxy) is 1. The molecule has 0 radical (unpaired) electrons. The quantitative estimate of drug-likeness (QED) is 0.839. The molecule has 0 aliphatic heterocycles. The highest BCUT2D eigenvalue weighted by atomic mass is 16.5. The Bertz CT molecular complexity index is 688. The highest BCUT2D eigenvalue weighted by molar-refractivity contribution is 6.04. The van der Waals surface area contributed by atoms with Gasteiger partial charge in [-0.05, 0) is 30.3 Å². The van der Waals surface area contributed by atoms with Crippen LogP contribution in [-0.2, 0) is 0 Å². The van der Waals surface area contributed by atoms with E-state index in [0.29, 0.717) is 17.0 Å². The van der Waals surface area contributed by atoms with Crippen molar-refractivity contribution in [3.05, 3.63) is 53.9 Å². The van der Waals surface area contributed by atoms with Crippen molar-refractivity contribution >= 4 is 11.6 Å². The van der Waals surface area contributed by atoms with Gasteiger partial charge in [-0.1, -0.05) is 11.8 Å². The molecule has 1 aromatic carbocycles. The van der Waals surface area contributed by atoms with Crippen LogP contribution in [-0.4, -0.2) is 24.5 Å². The Kier molecular flexibility index (Phi) is 4.91. The maximum absolute atomic E-state index is 12.1. The number of aromatic nitrogens is 1. The van der Waals surface area contributed by atoms with Crippen LogP contribution in [0.25, 0.3) is 0 Å². The third-order valence-corrected chi connectivity index (χ3v) is 2.71. The number of hydrogen-bond acceptors (Lipinski definition) is 4. The number of hydrogen-bond donors (Lipinski definition) is 2. The van der Waals surface area contributed by atoms with E-state index in [1.807, 2.05) is 0 Å². The largest absolute Gasteiger partial charge is 0.495 e. The Morgan fingerprint density at radius 2 is 2.29 bits per heavy atom. The van der Waals surface area contributed by atoms with Crippen molar-refractivity contribution in [3.8, 4) is 17.6 Å². The molecule has 0 aliphatic rings. The van der Waals surface area contributed by atoms with Gasteiger partial charge in [-0.3, -0.25) is 9.78 Å². The van der Waals surface area contributed by atoms with E-state index in [2.05, 4.69) is 22.1 Å². The fourth-order valence-corrected chi connectivity index (χ4v) is 1.73. The first kappa shape index (κ1) is 14.6. The molecule has 3 N–H and O–H groups in total. The summed E-state index contributed by atoms with van der Waals surface area (Å²) >= 11 is 0. The fourth-order valence-electron chi connectivity index (χ4n) is 1.73. The molecule has 106 valence electrons. The standard InChI is InChI=1S/C16H15N3O2/c1-21-15-7-6-12(4-2-8-17)10-14(15)19-16(20)13-5-3-9-18-11-13/h3,5-7,9-11H,8,17H2,1H3,(H,19,20). The zero-order valence-corrected chi connectivity index (χ0v) is 11.6. The van der Waals surface area contributed by atoms with Crippen molar-refractivity contribution in [2.24, 2.45) is 5.73 Å². The van der Waals surface area contributed by atoms with Crippen LogP contribution in [0.2, 0.25) is 0 Å². The average molecular weight is 281 g/mol. The monoisotopic (exact) mass is 281 g/mol. The number of anilines is 1. The second-order valence-electron chi connectivity index (χ2n) is 4.12. The Labute approximate surface area is 123 Å². The summed E-state index contributed by atoms with van der Waals surface area (Å²) in [5.41, 5.74) is 7.13. The zero-order valence-electron chi connectivity index (χ0n) is 11.6. The molecule has 5 nitrogen and oxygen atoms in total. The van der Waals surface area contributed by atoms with Crippen LogP contribution in [0.3, 0.4) is 0 Å². The van der Waals surface area contributed by atoms with Crippen molar-refractivity contribution < 1.29 is 9.53 Å². The number of nitrogens with two attached hydrogens (primary N) is 1. The summed E-state index contributed by atoms with van der Waals surface area (Å²) in [6, 6.07) is 8.69. The summed E-state index contributed by atoms with van der Waals surface area (Å²) in [7, 11) is 1.54. The number of nitrogens with zero attached hydrogens (tertiary/aromatic N) is 1. The van der Waals surface area contributed by atoms with Gasteiger partial charge in [-0.25, -0.2) is 0 Å². The molecule has 0 spiro atoms. The third kappa shape index (κ3) is 3.81. The topological polar surface area (TPSA) is 77.2 Å². The van der Waals surface area contributed by atoms with E-state index >= 15 is 0 Å². The number of pyridine rings is 1. The van der Waals surface area contributed by atoms with Crippen molar-refractivity contribution in [2.45, 2.75) is 0 Å². The molecular weight excluding hydrogens is 266 g/mol. The van der Waals surface area contributed by atoms with Gasteiger partial charge in [-0.2, -0.15) is 0 Å². The van der Waals surface area contributed by atoms with Gasteiger partial charge >= 0.3 is 0 Å². The number of methoxy groups -OCH3 is 1. The van der Waals surface area contributed by atoms with Crippen LogP contribution in [0.15, 0.2) is 42.7 Å². The minimum Gasteiger partial charge on any atom is -0.495 e. The lowest BCUT2D eigenvalue weighted by atomic mass is 10.1. The van der Waals surface area contributed by atoms with Gasteiger partial charge in [-0.15, -0.1) is 0 Å². The molecule has 2 aromatic rings. The van der Waals surface area contributed by atoms with Gasteiger partial charge in [0.05, 0.1) is 24.9 Å². The van der Waals surface area contributed by atoms with Gasteiger partial charge in [0, 0.05) is 18.0 Å². The highest BCUT2D eigenvalue weighted by Crippen LogP contribution is 2.25. The van der Waals surface area contributed by atoms with Gasteiger partial charge in [0.1, 0.15) is 5.75 Å². The van der Waals surface area contributed by atoms with E-state index in [9.17, 15) is 4.79 Å². The molecule has 0 saturated carbocycles. The summed E-state index contributed by atoms with van der Waals surface area (Å²) in [5.74, 6) is 5.99. The highest BCUT2D eigenvalue weighted by Gasteiger charge is 2.10. The van der Waals surface area contributed by atoms with Crippen molar-refractivity contribution in [1.82, 2.24) is 4.98 Å². The van der Waals surface area contributed by atoms with Crippen LogP contribution in [0, 0.1) is 11.8 Å². The molecule has 2 rings (SSSR count). The van der Waals surface area contributed by atoms with Crippen LogP contribution in [0.4, 0.5) is 5.69 Å². The van der Waals surface area contributed by atoms with E-state index in [1.165, 1.54) is 6.20 Å². The summed E-state index contributed by atoms with van der Waals surface area (Å²) < 4.78 is 5.24. The number of carbonyl (C=O) groups excluding carboxylic acids is 1. The van der Waals surface area contributed by atoms with Crippen molar-refractivity contribution in [1.29, 1.82) is 0 Å². The van der Waals surface area contributed by atoms with Crippen molar-refractivity contribution in [2.75, 3.05) is 19.0 Å². The van der Waals surface area contributed by atoms with Gasteiger partial charge in [0.25, 0.3) is 5.91 Å². The molecular formula is C16H15N3O2. The fraction of sp³-hybridized carbons (Fsp3) is 0.125. The molecule has 1 aromatic heterocycles. The molecule has 1 heterocycles. The first-order valence-corrected chi connectivity index (χ1v) is 6.33. The summed E-state index contributed by atoms with van der Waals surface area (Å²) in [6.07, 6.45) is 3.11. The number of carbonyl (C=O) groups is 1. The first-order valence-electron chi connectivity index (χ1n) is 6.33. The van der Waals surface area contributed by atoms with E-state index < -0.39 is 0 Å². The Morgan fingerprint density at radius 1 is 1.43 bits per heavy atom. The maximum atomic E-state index is 12.1. The summed E-state index contributed by atoms with van der Waals surface area (Å²) in [6.45, 7) is 0.281. The van der Waals surface area contributed by atoms with E-state index in [1.54, 1.807) is 43.6 Å². The van der Waals surface area contributed by atoms with Crippen LogP contribution < -0.4 is 15.8 Å². The van der Waals surface area contributed by atoms with Crippen LogP contribution in [0.5, 0.6) is 5.75 Å². The minimum atomic E-state index is -0.259. The molecule has 1 amide bonds. The second kappa shape index (κ2) is 7.08. The molecule has 0 bridgehead atoms. The molecule has 21 heavy (non-hydrogen) atoms. The third-order valence-electron chi connectivity index (χ3n) is 2.71. The van der Waals surface area contributed by atoms with Crippen molar-refractivity contribution in [3.63, 3.8) is 0 Å². The second-order valence-corrected chi connectivity index (χ2v) is 4.12. The molecule has 0 fully saturated rings. The molecule has 5 heteroatoms. The zero-order chi connectivity index (χ0) is 15.1. The normalized spacial score (nSPS) is 9.43. The van der Waals surface area contributed by atoms with Gasteiger partial charge < -0.3 is 15.8 Å².